The Bertz CT molecular complexity index is 501. The molecule has 0 bridgehead atoms. The molecule has 0 heterocycles. The Balaban J connectivity index is 2.56. The van der Waals surface area contributed by atoms with Crippen LogP contribution in [-0.4, -0.2) is 24.5 Å². The van der Waals surface area contributed by atoms with E-state index in [4.69, 9.17) is 11.6 Å². The number of carbonyl (C=O) groups is 2. The summed E-state index contributed by atoms with van der Waals surface area (Å²) in [6.45, 7) is 7.86. The van der Waals surface area contributed by atoms with Crippen LogP contribution in [0.25, 0.3) is 0 Å². The summed E-state index contributed by atoms with van der Waals surface area (Å²) in [4.78, 5) is 23.3. The van der Waals surface area contributed by atoms with Gasteiger partial charge in [0.2, 0.25) is 5.91 Å². The summed E-state index contributed by atoms with van der Waals surface area (Å²) in [5.74, 6) is -0.0729. The van der Waals surface area contributed by atoms with E-state index in [1.54, 1.807) is 0 Å². The monoisotopic (exact) mass is 325 g/mol. The first kappa shape index (κ1) is 18.5. The molecule has 0 aliphatic rings. The molecule has 0 aliphatic heterocycles. The molecular formula is C16H24ClN3O2. The zero-order valence-corrected chi connectivity index (χ0v) is 14.2. The maximum Gasteiger partial charge on any atom is 0.321 e. The Morgan fingerprint density at radius 3 is 2.18 bits per heavy atom. The van der Waals surface area contributed by atoms with Crippen LogP contribution in [0.15, 0.2) is 24.3 Å². The molecule has 0 radical (unpaired) electrons. The fourth-order valence-electron chi connectivity index (χ4n) is 2.08. The van der Waals surface area contributed by atoms with Gasteiger partial charge in [-0.05, 0) is 37.5 Å². The van der Waals surface area contributed by atoms with Gasteiger partial charge in [0.25, 0.3) is 0 Å². The zero-order chi connectivity index (χ0) is 16.7. The van der Waals surface area contributed by atoms with Crippen molar-refractivity contribution in [3.63, 3.8) is 0 Å². The predicted octanol–water partition coefficient (Wildman–Crippen LogP) is 2.86. The molecule has 122 valence electrons. The molecule has 22 heavy (non-hydrogen) atoms. The van der Waals surface area contributed by atoms with E-state index in [9.17, 15) is 9.59 Å². The highest BCUT2D eigenvalue weighted by Gasteiger charge is 2.17. The van der Waals surface area contributed by atoms with Gasteiger partial charge in [-0.2, -0.15) is 0 Å². The number of halogens is 1. The molecule has 0 spiro atoms. The quantitative estimate of drug-likeness (QED) is 0.753. The Morgan fingerprint density at radius 2 is 1.68 bits per heavy atom. The first-order chi connectivity index (χ1) is 10.3. The van der Waals surface area contributed by atoms with E-state index in [2.05, 4.69) is 29.8 Å². The highest BCUT2D eigenvalue weighted by Crippen LogP contribution is 2.22. The Labute approximate surface area is 136 Å². The second-order valence-corrected chi connectivity index (χ2v) is 6.27. The first-order valence-corrected chi connectivity index (χ1v) is 7.76. The highest BCUT2D eigenvalue weighted by molar-refractivity contribution is 6.30. The van der Waals surface area contributed by atoms with Crippen LogP contribution < -0.4 is 16.0 Å². The highest BCUT2D eigenvalue weighted by atomic mass is 35.5. The molecule has 1 atom stereocenters. The molecule has 0 aliphatic carbocycles. The van der Waals surface area contributed by atoms with Crippen molar-refractivity contribution >= 4 is 23.5 Å². The molecule has 0 fully saturated rings. The van der Waals surface area contributed by atoms with Gasteiger partial charge in [0.1, 0.15) is 0 Å². The molecule has 1 aromatic carbocycles. The van der Waals surface area contributed by atoms with Gasteiger partial charge in [-0.25, -0.2) is 4.79 Å². The van der Waals surface area contributed by atoms with E-state index < -0.39 is 6.03 Å². The summed E-state index contributed by atoms with van der Waals surface area (Å²) in [5, 5.41) is 8.76. The lowest BCUT2D eigenvalue weighted by atomic mass is 9.96. The summed E-state index contributed by atoms with van der Waals surface area (Å²) in [6, 6.07) is 7.03. The lowest BCUT2D eigenvalue weighted by Gasteiger charge is -2.23. The summed E-state index contributed by atoms with van der Waals surface area (Å²) in [5.41, 5.74) is 1.05. The van der Waals surface area contributed by atoms with E-state index in [-0.39, 0.29) is 24.5 Å². The minimum Gasteiger partial charge on any atom is -0.336 e. The van der Waals surface area contributed by atoms with Crippen LogP contribution >= 0.6 is 11.6 Å². The van der Waals surface area contributed by atoms with E-state index in [0.717, 1.165) is 5.56 Å². The molecule has 1 aromatic rings. The number of rotatable bonds is 6. The number of urea groups is 1. The third-order valence-electron chi connectivity index (χ3n) is 3.05. The number of hydrogen-bond acceptors (Lipinski definition) is 3. The molecule has 3 amide bonds. The van der Waals surface area contributed by atoms with Gasteiger partial charge < -0.3 is 10.6 Å². The predicted molar refractivity (Wildman–Crippen MR) is 88.8 cm³/mol. The maximum atomic E-state index is 11.8. The van der Waals surface area contributed by atoms with Gasteiger partial charge in [-0.1, -0.05) is 37.6 Å². The van der Waals surface area contributed by atoms with Crippen molar-refractivity contribution in [2.45, 2.75) is 39.8 Å². The number of benzene rings is 1. The SMILES string of the molecule is CC(C)NC(=O)NC(=O)CN[C@@H](c1ccc(Cl)cc1)C(C)C. The maximum absolute atomic E-state index is 11.8. The largest absolute Gasteiger partial charge is 0.336 e. The van der Waals surface area contributed by atoms with Crippen molar-refractivity contribution in [1.82, 2.24) is 16.0 Å². The van der Waals surface area contributed by atoms with E-state index >= 15 is 0 Å². The van der Waals surface area contributed by atoms with Gasteiger partial charge >= 0.3 is 6.03 Å². The van der Waals surface area contributed by atoms with Gasteiger partial charge in [0.15, 0.2) is 0 Å². The van der Waals surface area contributed by atoms with E-state index in [1.165, 1.54) is 0 Å². The number of imide groups is 1. The number of nitrogens with one attached hydrogen (secondary N) is 3. The lowest BCUT2D eigenvalue weighted by Crippen LogP contribution is -2.46. The van der Waals surface area contributed by atoms with Crippen LogP contribution in [0.3, 0.4) is 0 Å². The Morgan fingerprint density at radius 1 is 1.09 bits per heavy atom. The van der Waals surface area contributed by atoms with Crippen molar-refractivity contribution in [3.05, 3.63) is 34.9 Å². The second-order valence-electron chi connectivity index (χ2n) is 5.83. The van der Waals surface area contributed by atoms with Gasteiger partial charge in [0.05, 0.1) is 6.54 Å². The normalized spacial score (nSPS) is 12.3. The van der Waals surface area contributed by atoms with Gasteiger partial charge in [-0.15, -0.1) is 0 Å². The molecule has 6 heteroatoms. The van der Waals surface area contributed by atoms with Crippen molar-refractivity contribution in [2.75, 3.05) is 6.54 Å². The van der Waals surface area contributed by atoms with Crippen LogP contribution in [0.5, 0.6) is 0 Å². The van der Waals surface area contributed by atoms with Crippen molar-refractivity contribution in [2.24, 2.45) is 5.92 Å². The summed E-state index contributed by atoms with van der Waals surface area (Å²) in [7, 11) is 0. The molecule has 1 rings (SSSR count). The molecule has 0 saturated heterocycles. The van der Waals surface area contributed by atoms with Crippen molar-refractivity contribution in [3.8, 4) is 0 Å². The number of hydrogen-bond donors (Lipinski definition) is 3. The average Bonchev–Trinajstić information content (AvgIpc) is 2.39. The van der Waals surface area contributed by atoms with Crippen LogP contribution in [0, 0.1) is 5.92 Å². The number of carbonyl (C=O) groups excluding carboxylic acids is 2. The third-order valence-corrected chi connectivity index (χ3v) is 3.30. The molecular weight excluding hydrogens is 302 g/mol. The van der Waals surface area contributed by atoms with E-state index in [1.807, 2.05) is 38.1 Å². The molecule has 0 unspecified atom stereocenters. The summed E-state index contributed by atoms with van der Waals surface area (Å²) < 4.78 is 0. The van der Waals surface area contributed by atoms with Gasteiger partial charge in [-0.3, -0.25) is 10.1 Å². The minimum absolute atomic E-state index is 0.0103. The fourth-order valence-corrected chi connectivity index (χ4v) is 2.21. The summed E-state index contributed by atoms with van der Waals surface area (Å²) in [6.07, 6.45) is 0. The average molecular weight is 326 g/mol. The topological polar surface area (TPSA) is 70.2 Å². The first-order valence-electron chi connectivity index (χ1n) is 7.38. The number of amides is 3. The smallest absolute Gasteiger partial charge is 0.321 e. The minimum atomic E-state index is -0.477. The molecule has 5 nitrogen and oxygen atoms in total. The van der Waals surface area contributed by atoms with Crippen LogP contribution in [-0.2, 0) is 4.79 Å². The standard InChI is InChI=1S/C16H24ClN3O2/c1-10(2)15(12-5-7-13(17)8-6-12)18-9-14(21)20-16(22)19-11(3)4/h5-8,10-11,15,18H,9H2,1-4H3,(H2,19,20,21,22)/t15-/m1/s1. The van der Waals surface area contributed by atoms with Crippen molar-refractivity contribution < 1.29 is 9.59 Å². The Hall–Kier alpha value is -1.59. The fraction of sp³-hybridized carbons (Fsp3) is 0.500. The zero-order valence-electron chi connectivity index (χ0n) is 13.4. The second kappa shape index (κ2) is 8.76. The summed E-state index contributed by atoms with van der Waals surface area (Å²) >= 11 is 5.89. The molecule has 0 saturated carbocycles. The van der Waals surface area contributed by atoms with Crippen molar-refractivity contribution in [1.29, 1.82) is 0 Å². The van der Waals surface area contributed by atoms with Crippen LogP contribution in [0.2, 0.25) is 5.02 Å². The Kier molecular flexibility index (Phi) is 7.35. The van der Waals surface area contributed by atoms with Crippen LogP contribution in [0.4, 0.5) is 4.79 Å². The molecule has 3 N–H and O–H groups in total. The third kappa shape index (κ3) is 6.45. The van der Waals surface area contributed by atoms with Crippen LogP contribution in [0.1, 0.15) is 39.3 Å². The van der Waals surface area contributed by atoms with E-state index in [0.29, 0.717) is 10.9 Å². The van der Waals surface area contributed by atoms with Gasteiger partial charge in [0, 0.05) is 17.1 Å². The lowest BCUT2D eigenvalue weighted by molar-refractivity contribution is -0.119. The molecule has 0 aromatic heterocycles.